The molecule has 0 fully saturated rings. The maximum atomic E-state index is 12.5. The van der Waals surface area contributed by atoms with E-state index in [9.17, 15) is 24.3 Å². The van der Waals surface area contributed by atoms with Gasteiger partial charge in [-0.3, -0.25) is 19.2 Å². The molecular formula is C16H30N4O6S. The van der Waals surface area contributed by atoms with Crippen molar-refractivity contribution in [1.29, 1.82) is 0 Å². The van der Waals surface area contributed by atoms with Gasteiger partial charge in [0, 0.05) is 5.75 Å². The van der Waals surface area contributed by atoms with Crippen LogP contribution in [0, 0.1) is 5.92 Å². The van der Waals surface area contributed by atoms with Crippen molar-refractivity contribution in [2.24, 2.45) is 11.7 Å². The van der Waals surface area contributed by atoms with Crippen LogP contribution in [0.5, 0.6) is 0 Å². The molecule has 0 aromatic heterocycles. The molecule has 10 nitrogen and oxygen atoms in total. The maximum Gasteiger partial charge on any atom is 0.325 e. The van der Waals surface area contributed by atoms with E-state index in [2.05, 4.69) is 28.6 Å². The van der Waals surface area contributed by atoms with Crippen LogP contribution in [-0.4, -0.2) is 69.9 Å². The molecule has 5 atom stereocenters. The zero-order chi connectivity index (χ0) is 21.3. The van der Waals surface area contributed by atoms with Gasteiger partial charge in [-0.25, -0.2) is 0 Å². The number of aliphatic hydroxyl groups is 1. The van der Waals surface area contributed by atoms with E-state index >= 15 is 0 Å². The minimum atomic E-state index is -1.22. The fourth-order valence-corrected chi connectivity index (χ4v) is 2.29. The smallest absolute Gasteiger partial charge is 0.325 e. The van der Waals surface area contributed by atoms with E-state index in [0.717, 1.165) is 0 Å². The zero-order valence-corrected chi connectivity index (χ0v) is 16.8. The summed E-state index contributed by atoms with van der Waals surface area (Å²) in [5, 5.41) is 25.4. The van der Waals surface area contributed by atoms with E-state index in [1.54, 1.807) is 0 Å². The summed E-state index contributed by atoms with van der Waals surface area (Å²) < 4.78 is 0. The van der Waals surface area contributed by atoms with Gasteiger partial charge in [0.15, 0.2) is 0 Å². The Bertz CT molecular complexity index is 543. The first-order chi connectivity index (χ1) is 12.4. The topological polar surface area (TPSA) is 171 Å². The monoisotopic (exact) mass is 406 g/mol. The predicted molar refractivity (Wildman–Crippen MR) is 102 cm³/mol. The minimum absolute atomic E-state index is 0.0409. The number of amides is 3. The third-order valence-corrected chi connectivity index (χ3v) is 4.07. The second-order valence-electron chi connectivity index (χ2n) is 6.77. The summed E-state index contributed by atoms with van der Waals surface area (Å²) in [5.41, 5.74) is 5.57. The van der Waals surface area contributed by atoms with Crippen LogP contribution in [0.1, 0.15) is 34.1 Å². The van der Waals surface area contributed by atoms with Crippen molar-refractivity contribution >= 4 is 36.3 Å². The molecule has 156 valence electrons. The number of carbonyl (C=O) groups is 4. The van der Waals surface area contributed by atoms with Crippen LogP contribution in [0.3, 0.4) is 0 Å². The van der Waals surface area contributed by atoms with Crippen molar-refractivity contribution in [2.75, 3.05) is 5.75 Å². The zero-order valence-electron chi connectivity index (χ0n) is 15.9. The van der Waals surface area contributed by atoms with E-state index in [4.69, 9.17) is 10.8 Å². The van der Waals surface area contributed by atoms with Crippen molar-refractivity contribution in [3.8, 4) is 0 Å². The molecule has 0 bridgehead atoms. The van der Waals surface area contributed by atoms with Crippen LogP contribution in [0.15, 0.2) is 0 Å². The van der Waals surface area contributed by atoms with Crippen LogP contribution in [0.25, 0.3) is 0 Å². The van der Waals surface area contributed by atoms with Gasteiger partial charge in [-0.1, -0.05) is 13.8 Å². The predicted octanol–water partition coefficient (Wildman–Crippen LogP) is -1.77. The summed E-state index contributed by atoms with van der Waals surface area (Å²) in [6, 6.07) is -4.39. The highest BCUT2D eigenvalue weighted by atomic mass is 32.1. The van der Waals surface area contributed by atoms with Gasteiger partial charge in [0.2, 0.25) is 17.7 Å². The Balaban J connectivity index is 5.11. The molecule has 0 aliphatic rings. The SMILES string of the molecule is CC(C)CC(NC(=O)C(N)C(C)O)C(=O)NC(CS)C(=O)NC(C)C(=O)O. The Kier molecular flexibility index (Phi) is 11.0. The summed E-state index contributed by atoms with van der Waals surface area (Å²) in [6.07, 6.45) is -0.822. The van der Waals surface area contributed by atoms with Crippen LogP contribution < -0.4 is 21.7 Å². The number of hydrogen-bond acceptors (Lipinski definition) is 7. The van der Waals surface area contributed by atoms with Gasteiger partial charge in [-0.2, -0.15) is 12.6 Å². The highest BCUT2D eigenvalue weighted by Crippen LogP contribution is 2.07. The molecule has 27 heavy (non-hydrogen) atoms. The first-order valence-corrected chi connectivity index (χ1v) is 9.22. The minimum Gasteiger partial charge on any atom is -0.480 e. The molecule has 0 aliphatic heterocycles. The Morgan fingerprint density at radius 1 is 0.926 bits per heavy atom. The molecule has 0 aromatic carbocycles. The Morgan fingerprint density at radius 3 is 1.81 bits per heavy atom. The van der Waals surface area contributed by atoms with Gasteiger partial charge >= 0.3 is 5.97 Å². The molecule has 0 radical (unpaired) electrons. The van der Waals surface area contributed by atoms with Crippen LogP contribution in [-0.2, 0) is 19.2 Å². The number of carboxylic acid groups (broad SMARTS) is 1. The summed E-state index contributed by atoms with van der Waals surface area (Å²) in [7, 11) is 0. The average molecular weight is 407 g/mol. The van der Waals surface area contributed by atoms with Gasteiger partial charge < -0.3 is 31.9 Å². The number of carbonyl (C=O) groups excluding carboxylic acids is 3. The number of nitrogens with two attached hydrogens (primary N) is 1. The average Bonchev–Trinajstić information content (AvgIpc) is 2.56. The largest absolute Gasteiger partial charge is 0.480 e. The van der Waals surface area contributed by atoms with Crippen LogP contribution >= 0.6 is 12.6 Å². The lowest BCUT2D eigenvalue weighted by Gasteiger charge is -2.25. The molecule has 11 heteroatoms. The third-order valence-electron chi connectivity index (χ3n) is 3.71. The molecule has 7 N–H and O–H groups in total. The van der Waals surface area contributed by atoms with Gasteiger partial charge in [-0.05, 0) is 26.2 Å². The summed E-state index contributed by atoms with van der Waals surface area (Å²) >= 11 is 4.01. The lowest BCUT2D eigenvalue weighted by Crippen LogP contribution is -2.58. The van der Waals surface area contributed by atoms with Crippen molar-refractivity contribution < 1.29 is 29.4 Å². The van der Waals surface area contributed by atoms with E-state index in [1.807, 2.05) is 13.8 Å². The van der Waals surface area contributed by atoms with E-state index in [1.165, 1.54) is 13.8 Å². The number of nitrogens with one attached hydrogen (secondary N) is 3. The number of thiol groups is 1. The molecule has 0 rings (SSSR count). The number of rotatable bonds is 11. The van der Waals surface area contributed by atoms with Gasteiger partial charge in [0.1, 0.15) is 24.2 Å². The summed E-state index contributed by atoms with van der Waals surface area (Å²) in [6.45, 7) is 6.33. The molecule has 0 saturated heterocycles. The fourth-order valence-electron chi connectivity index (χ4n) is 2.03. The van der Waals surface area contributed by atoms with Crippen molar-refractivity contribution in [3.63, 3.8) is 0 Å². The number of carboxylic acids is 1. The molecule has 3 amide bonds. The molecule has 0 spiro atoms. The molecule has 0 aromatic rings. The standard InChI is InChI=1S/C16H30N4O6S/c1-7(2)5-10(19-15(24)12(17)9(4)21)13(22)20-11(6-27)14(23)18-8(3)16(25)26/h7-12,21,27H,5-6,17H2,1-4H3,(H,18,23)(H,19,24)(H,20,22)(H,25,26). The van der Waals surface area contributed by atoms with Gasteiger partial charge in [0.05, 0.1) is 6.10 Å². The van der Waals surface area contributed by atoms with Crippen molar-refractivity contribution in [3.05, 3.63) is 0 Å². The first-order valence-electron chi connectivity index (χ1n) is 8.59. The second-order valence-corrected chi connectivity index (χ2v) is 7.13. The van der Waals surface area contributed by atoms with E-state index < -0.39 is 54.0 Å². The summed E-state index contributed by atoms with van der Waals surface area (Å²) in [5.74, 6) is -3.28. The van der Waals surface area contributed by atoms with Crippen molar-refractivity contribution in [1.82, 2.24) is 16.0 Å². The number of aliphatic carboxylic acids is 1. The van der Waals surface area contributed by atoms with E-state index in [-0.39, 0.29) is 18.1 Å². The second kappa shape index (κ2) is 11.8. The Labute approximate surface area is 164 Å². The quantitative estimate of drug-likeness (QED) is 0.199. The van der Waals surface area contributed by atoms with Crippen LogP contribution in [0.4, 0.5) is 0 Å². The maximum absolute atomic E-state index is 12.5. The molecule has 0 aliphatic carbocycles. The molecule has 0 saturated carbocycles. The molecule has 0 heterocycles. The lowest BCUT2D eigenvalue weighted by molar-refractivity contribution is -0.141. The van der Waals surface area contributed by atoms with Crippen molar-refractivity contribution in [2.45, 2.75) is 64.4 Å². The third kappa shape index (κ3) is 9.07. The Hall–Kier alpha value is -1.85. The molecular weight excluding hydrogens is 376 g/mol. The summed E-state index contributed by atoms with van der Waals surface area (Å²) in [4.78, 5) is 47.5. The number of aliphatic hydroxyl groups excluding tert-OH is 1. The van der Waals surface area contributed by atoms with Crippen LogP contribution in [0.2, 0.25) is 0 Å². The van der Waals surface area contributed by atoms with E-state index in [0.29, 0.717) is 0 Å². The van der Waals surface area contributed by atoms with Gasteiger partial charge in [0.25, 0.3) is 0 Å². The highest BCUT2D eigenvalue weighted by Gasteiger charge is 2.30. The lowest BCUT2D eigenvalue weighted by atomic mass is 10.0. The van der Waals surface area contributed by atoms with Gasteiger partial charge in [-0.15, -0.1) is 0 Å². The first kappa shape index (κ1) is 25.1. The molecule has 5 unspecified atom stereocenters. The Morgan fingerprint density at radius 2 is 1.41 bits per heavy atom. The highest BCUT2D eigenvalue weighted by molar-refractivity contribution is 7.80. The normalized spacial score (nSPS) is 16.6. The number of hydrogen-bond donors (Lipinski definition) is 7. The fraction of sp³-hybridized carbons (Fsp3) is 0.750.